The SMILES string of the molecule is CC[C@H]1C[C@@H](Nc2ncncc2C(=O)c2ccc(Br)o2)C[C@@H]1C. The first kappa shape index (κ1) is 16.2. The molecule has 1 fully saturated rings. The van der Waals surface area contributed by atoms with Gasteiger partial charge in [-0.3, -0.25) is 4.79 Å². The second-order valence-electron chi connectivity index (χ2n) is 6.18. The number of hydrogen-bond donors (Lipinski definition) is 1. The van der Waals surface area contributed by atoms with Crippen LogP contribution in [0.3, 0.4) is 0 Å². The lowest BCUT2D eigenvalue weighted by atomic mass is 9.96. The fraction of sp³-hybridized carbons (Fsp3) is 0.471. The minimum absolute atomic E-state index is 0.211. The summed E-state index contributed by atoms with van der Waals surface area (Å²) in [5, 5.41) is 3.44. The van der Waals surface area contributed by atoms with Gasteiger partial charge in [0.1, 0.15) is 12.1 Å². The fourth-order valence-corrected chi connectivity index (χ4v) is 3.70. The molecule has 0 bridgehead atoms. The van der Waals surface area contributed by atoms with Crippen LogP contribution in [0.15, 0.2) is 33.7 Å². The summed E-state index contributed by atoms with van der Waals surface area (Å²) in [6.45, 7) is 4.53. The molecule has 6 heteroatoms. The second kappa shape index (κ2) is 6.83. The molecular formula is C17H20BrN3O2. The number of rotatable bonds is 5. The topological polar surface area (TPSA) is 68.0 Å². The molecular weight excluding hydrogens is 358 g/mol. The lowest BCUT2D eigenvalue weighted by Gasteiger charge is -2.15. The number of nitrogens with one attached hydrogen (secondary N) is 1. The molecule has 0 unspecified atom stereocenters. The van der Waals surface area contributed by atoms with Gasteiger partial charge in [0.25, 0.3) is 0 Å². The number of ketones is 1. The maximum atomic E-state index is 12.6. The molecule has 0 aromatic carbocycles. The third kappa shape index (κ3) is 3.47. The van der Waals surface area contributed by atoms with E-state index in [1.807, 2.05) is 0 Å². The maximum Gasteiger partial charge on any atom is 0.233 e. The number of carbonyl (C=O) groups excluding carboxylic acids is 1. The van der Waals surface area contributed by atoms with Gasteiger partial charge in [0.15, 0.2) is 10.4 Å². The van der Waals surface area contributed by atoms with Crippen LogP contribution in [0.5, 0.6) is 0 Å². The van der Waals surface area contributed by atoms with Gasteiger partial charge < -0.3 is 9.73 Å². The van der Waals surface area contributed by atoms with Crippen molar-refractivity contribution in [2.75, 3.05) is 5.32 Å². The Morgan fingerprint density at radius 3 is 2.91 bits per heavy atom. The van der Waals surface area contributed by atoms with Crippen molar-refractivity contribution in [1.29, 1.82) is 0 Å². The molecule has 5 nitrogen and oxygen atoms in total. The molecule has 1 N–H and O–H groups in total. The number of aromatic nitrogens is 2. The van der Waals surface area contributed by atoms with Gasteiger partial charge in [0, 0.05) is 12.2 Å². The van der Waals surface area contributed by atoms with Gasteiger partial charge in [-0.1, -0.05) is 20.3 Å². The minimum Gasteiger partial charge on any atom is -0.446 e. The molecule has 23 heavy (non-hydrogen) atoms. The molecule has 3 atom stereocenters. The van der Waals surface area contributed by atoms with Crippen molar-refractivity contribution in [3.63, 3.8) is 0 Å². The number of halogens is 1. The zero-order valence-corrected chi connectivity index (χ0v) is 14.8. The lowest BCUT2D eigenvalue weighted by molar-refractivity contribution is 0.101. The number of carbonyl (C=O) groups is 1. The Morgan fingerprint density at radius 1 is 1.43 bits per heavy atom. The molecule has 0 spiro atoms. The van der Waals surface area contributed by atoms with Crippen LogP contribution >= 0.6 is 15.9 Å². The Kier molecular flexibility index (Phi) is 4.80. The number of anilines is 1. The predicted molar refractivity (Wildman–Crippen MR) is 91.5 cm³/mol. The monoisotopic (exact) mass is 377 g/mol. The maximum absolute atomic E-state index is 12.6. The van der Waals surface area contributed by atoms with Crippen molar-refractivity contribution in [1.82, 2.24) is 9.97 Å². The molecule has 2 aromatic rings. The number of furan rings is 1. The molecule has 122 valence electrons. The predicted octanol–water partition coefficient (Wildman–Crippen LogP) is 4.30. The fourth-order valence-electron chi connectivity index (χ4n) is 3.40. The van der Waals surface area contributed by atoms with E-state index < -0.39 is 0 Å². The van der Waals surface area contributed by atoms with Crippen LogP contribution in [-0.4, -0.2) is 21.8 Å². The van der Waals surface area contributed by atoms with Crippen LogP contribution in [-0.2, 0) is 0 Å². The summed E-state index contributed by atoms with van der Waals surface area (Å²) >= 11 is 3.22. The van der Waals surface area contributed by atoms with Crippen molar-refractivity contribution in [2.24, 2.45) is 11.8 Å². The summed E-state index contributed by atoms with van der Waals surface area (Å²) in [5.74, 6) is 2.08. The zero-order chi connectivity index (χ0) is 16.4. The molecule has 0 radical (unpaired) electrons. The molecule has 3 rings (SSSR count). The van der Waals surface area contributed by atoms with Crippen LogP contribution in [0, 0.1) is 11.8 Å². The van der Waals surface area contributed by atoms with E-state index in [0.717, 1.165) is 18.8 Å². The van der Waals surface area contributed by atoms with E-state index in [-0.39, 0.29) is 11.5 Å². The molecule has 1 saturated carbocycles. The van der Waals surface area contributed by atoms with E-state index in [9.17, 15) is 4.79 Å². The highest BCUT2D eigenvalue weighted by Gasteiger charge is 2.31. The molecule has 0 aliphatic heterocycles. The van der Waals surface area contributed by atoms with Crippen LogP contribution in [0.4, 0.5) is 5.82 Å². The first-order valence-corrected chi connectivity index (χ1v) is 8.74. The average molecular weight is 378 g/mol. The van der Waals surface area contributed by atoms with Crippen LogP contribution in [0.25, 0.3) is 0 Å². The third-order valence-electron chi connectivity index (χ3n) is 4.67. The first-order valence-electron chi connectivity index (χ1n) is 7.95. The molecule has 2 heterocycles. The second-order valence-corrected chi connectivity index (χ2v) is 6.96. The number of nitrogens with zero attached hydrogens (tertiary/aromatic N) is 2. The molecule has 0 amide bonds. The molecule has 1 aliphatic rings. The summed E-state index contributed by atoms with van der Waals surface area (Å²) in [4.78, 5) is 20.9. The average Bonchev–Trinajstić information content (AvgIpc) is 3.13. The van der Waals surface area contributed by atoms with Gasteiger partial charge >= 0.3 is 0 Å². The van der Waals surface area contributed by atoms with E-state index in [4.69, 9.17) is 4.42 Å². The summed E-state index contributed by atoms with van der Waals surface area (Å²) in [6.07, 6.45) is 6.41. The Morgan fingerprint density at radius 2 is 2.26 bits per heavy atom. The lowest BCUT2D eigenvalue weighted by Crippen LogP contribution is -2.19. The normalized spacial score (nSPS) is 23.9. The Hall–Kier alpha value is -1.69. The standard InChI is InChI=1S/C17H20BrN3O2/c1-3-11-7-12(6-10(11)2)21-17-13(8-19-9-20-17)16(22)14-4-5-15(18)23-14/h4-5,8-12H,3,6-7H2,1-2H3,(H,19,20,21)/t10-,11-,12-/m0/s1. The molecule has 0 saturated heterocycles. The van der Waals surface area contributed by atoms with E-state index in [2.05, 4.69) is 45.1 Å². The quantitative estimate of drug-likeness (QED) is 0.786. The van der Waals surface area contributed by atoms with Gasteiger partial charge in [0.2, 0.25) is 5.78 Å². The number of hydrogen-bond acceptors (Lipinski definition) is 5. The van der Waals surface area contributed by atoms with E-state index >= 15 is 0 Å². The highest BCUT2D eigenvalue weighted by atomic mass is 79.9. The van der Waals surface area contributed by atoms with E-state index in [0.29, 0.717) is 28.0 Å². The van der Waals surface area contributed by atoms with Gasteiger partial charge in [-0.15, -0.1) is 0 Å². The zero-order valence-electron chi connectivity index (χ0n) is 13.3. The van der Waals surface area contributed by atoms with Gasteiger partial charge in [0.05, 0.1) is 5.56 Å². The van der Waals surface area contributed by atoms with Crippen LogP contribution in [0.2, 0.25) is 0 Å². The van der Waals surface area contributed by atoms with Crippen molar-refractivity contribution in [2.45, 2.75) is 39.2 Å². The Bertz CT molecular complexity index is 701. The van der Waals surface area contributed by atoms with Gasteiger partial charge in [-0.25, -0.2) is 9.97 Å². The first-order chi connectivity index (χ1) is 11.1. The van der Waals surface area contributed by atoms with Crippen LogP contribution in [0.1, 0.15) is 49.2 Å². The highest BCUT2D eigenvalue weighted by molar-refractivity contribution is 9.10. The molecule has 2 aromatic heterocycles. The Balaban J connectivity index is 1.80. The summed E-state index contributed by atoms with van der Waals surface area (Å²) in [6, 6.07) is 3.70. The molecule has 1 aliphatic carbocycles. The largest absolute Gasteiger partial charge is 0.446 e. The highest BCUT2D eigenvalue weighted by Crippen LogP contribution is 2.35. The third-order valence-corrected chi connectivity index (χ3v) is 5.09. The van der Waals surface area contributed by atoms with Crippen molar-refractivity contribution in [3.8, 4) is 0 Å². The van der Waals surface area contributed by atoms with Crippen LogP contribution < -0.4 is 5.32 Å². The smallest absolute Gasteiger partial charge is 0.233 e. The summed E-state index contributed by atoms with van der Waals surface area (Å²) < 4.78 is 5.89. The summed E-state index contributed by atoms with van der Waals surface area (Å²) in [5.41, 5.74) is 0.446. The Labute approximate surface area is 144 Å². The van der Waals surface area contributed by atoms with E-state index in [1.54, 1.807) is 18.3 Å². The van der Waals surface area contributed by atoms with Crippen molar-refractivity contribution < 1.29 is 9.21 Å². The van der Waals surface area contributed by atoms with Crippen molar-refractivity contribution in [3.05, 3.63) is 40.7 Å². The van der Waals surface area contributed by atoms with Gasteiger partial charge in [-0.2, -0.15) is 0 Å². The van der Waals surface area contributed by atoms with Gasteiger partial charge in [-0.05, 0) is 52.7 Å². The van der Waals surface area contributed by atoms with E-state index in [1.165, 1.54) is 12.7 Å². The minimum atomic E-state index is -0.211. The summed E-state index contributed by atoms with van der Waals surface area (Å²) in [7, 11) is 0. The van der Waals surface area contributed by atoms with Crippen molar-refractivity contribution >= 4 is 27.5 Å².